The van der Waals surface area contributed by atoms with Crippen molar-refractivity contribution in [3.8, 4) is 11.3 Å². The maximum Gasteiger partial charge on any atom is 0.136 e. The zero-order valence-electron chi connectivity index (χ0n) is 11.5. The molecule has 1 aromatic heterocycles. The topological polar surface area (TPSA) is 25.8 Å². The minimum absolute atomic E-state index is 0.516. The Hall–Kier alpha value is -1.41. The van der Waals surface area contributed by atoms with Gasteiger partial charge in [0.15, 0.2) is 0 Å². The predicted molar refractivity (Wildman–Crippen MR) is 78.7 cm³/mol. The summed E-state index contributed by atoms with van der Waals surface area (Å²) in [6.45, 7) is 6.21. The molecule has 1 saturated carbocycles. The SMILES string of the molecule is Cc1ccc(C)c(-c2nc(C3CC3)nc(Cl)c2C)c1. The fourth-order valence-corrected chi connectivity index (χ4v) is 2.46. The number of benzene rings is 1. The molecule has 1 fully saturated rings. The first kappa shape index (κ1) is 12.6. The van der Waals surface area contributed by atoms with E-state index in [4.69, 9.17) is 16.6 Å². The van der Waals surface area contributed by atoms with Crippen LogP contribution >= 0.6 is 11.6 Å². The van der Waals surface area contributed by atoms with Crippen LogP contribution in [-0.4, -0.2) is 9.97 Å². The van der Waals surface area contributed by atoms with Gasteiger partial charge in [-0.05, 0) is 45.2 Å². The Bertz CT molecular complexity index is 645. The Morgan fingerprint density at radius 1 is 1.11 bits per heavy atom. The quantitative estimate of drug-likeness (QED) is 0.747. The van der Waals surface area contributed by atoms with Crippen molar-refractivity contribution < 1.29 is 0 Å². The van der Waals surface area contributed by atoms with Crippen LogP contribution < -0.4 is 0 Å². The summed E-state index contributed by atoms with van der Waals surface area (Å²) in [6, 6.07) is 6.44. The Kier molecular flexibility index (Phi) is 3.06. The second-order valence-electron chi connectivity index (χ2n) is 5.44. The Morgan fingerprint density at radius 3 is 2.53 bits per heavy atom. The molecular weight excluding hydrogens is 256 g/mol. The van der Waals surface area contributed by atoms with Crippen molar-refractivity contribution in [1.29, 1.82) is 0 Å². The van der Waals surface area contributed by atoms with Crippen LogP contribution in [-0.2, 0) is 0 Å². The summed E-state index contributed by atoms with van der Waals surface area (Å²) in [5.74, 6) is 1.42. The van der Waals surface area contributed by atoms with Gasteiger partial charge in [-0.15, -0.1) is 0 Å². The molecule has 1 aliphatic carbocycles. The monoisotopic (exact) mass is 272 g/mol. The van der Waals surface area contributed by atoms with Crippen molar-refractivity contribution in [2.24, 2.45) is 0 Å². The van der Waals surface area contributed by atoms with Crippen LogP contribution in [0, 0.1) is 20.8 Å². The van der Waals surface area contributed by atoms with E-state index in [1.165, 1.54) is 29.5 Å². The third kappa shape index (κ3) is 2.37. The van der Waals surface area contributed by atoms with Gasteiger partial charge < -0.3 is 0 Å². The lowest BCUT2D eigenvalue weighted by atomic mass is 10.00. The Balaban J connectivity index is 2.20. The van der Waals surface area contributed by atoms with E-state index in [0.717, 1.165) is 17.1 Å². The van der Waals surface area contributed by atoms with Gasteiger partial charge in [-0.1, -0.05) is 29.3 Å². The minimum Gasteiger partial charge on any atom is -0.232 e. The molecule has 1 aliphatic rings. The van der Waals surface area contributed by atoms with E-state index in [9.17, 15) is 0 Å². The molecule has 0 atom stereocenters. The molecule has 0 amide bonds. The fourth-order valence-electron chi connectivity index (χ4n) is 2.28. The first-order chi connectivity index (χ1) is 9.06. The van der Waals surface area contributed by atoms with Gasteiger partial charge in [0.25, 0.3) is 0 Å². The van der Waals surface area contributed by atoms with Crippen molar-refractivity contribution in [1.82, 2.24) is 9.97 Å². The van der Waals surface area contributed by atoms with Crippen molar-refractivity contribution in [3.05, 3.63) is 45.9 Å². The van der Waals surface area contributed by atoms with Crippen molar-refractivity contribution >= 4 is 11.6 Å². The number of aryl methyl sites for hydroxylation is 2. The average molecular weight is 273 g/mol. The first-order valence-corrected chi connectivity index (χ1v) is 7.05. The van der Waals surface area contributed by atoms with Gasteiger partial charge in [0, 0.05) is 17.0 Å². The molecule has 0 spiro atoms. The van der Waals surface area contributed by atoms with Gasteiger partial charge in [-0.2, -0.15) is 0 Å². The molecule has 0 bridgehead atoms. The van der Waals surface area contributed by atoms with E-state index in [0.29, 0.717) is 11.1 Å². The predicted octanol–water partition coefficient (Wildman–Crippen LogP) is 4.60. The molecule has 2 nitrogen and oxygen atoms in total. The summed E-state index contributed by atoms with van der Waals surface area (Å²) in [7, 11) is 0. The van der Waals surface area contributed by atoms with Crippen LogP contribution in [0.5, 0.6) is 0 Å². The van der Waals surface area contributed by atoms with Crippen molar-refractivity contribution in [2.45, 2.75) is 39.5 Å². The van der Waals surface area contributed by atoms with E-state index in [2.05, 4.69) is 37.0 Å². The highest BCUT2D eigenvalue weighted by atomic mass is 35.5. The molecular formula is C16H17ClN2. The summed E-state index contributed by atoms with van der Waals surface area (Å²) in [4.78, 5) is 9.20. The van der Waals surface area contributed by atoms with Crippen LogP contribution in [0.1, 0.15) is 41.3 Å². The van der Waals surface area contributed by atoms with E-state index in [1.807, 2.05) is 6.92 Å². The summed E-state index contributed by atoms with van der Waals surface area (Å²) >= 11 is 6.28. The summed E-state index contributed by atoms with van der Waals surface area (Å²) in [5.41, 5.74) is 5.60. The molecule has 19 heavy (non-hydrogen) atoms. The summed E-state index contributed by atoms with van der Waals surface area (Å²) in [6.07, 6.45) is 2.37. The van der Waals surface area contributed by atoms with E-state index < -0.39 is 0 Å². The van der Waals surface area contributed by atoms with Gasteiger partial charge in [-0.25, -0.2) is 9.97 Å². The third-order valence-electron chi connectivity index (χ3n) is 3.69. The summed E-state index contributed by atoms with van der Waals surface area (Å²) in [5, 5.41) is 0.591. The van der Waals surface area contributed by atoms with Crippen molar-refractivity contribution in [2.75, 3.05) is 0 Å². The number of nitrogens with zero attached hydrogens (tertiary/aromatic N) is 2. The van der Waals surface area contributed by atoms with Gasteiger partial charge in [0.1, 0.15) is 11.0 Å². The third-order valence-corrected chi connectivity index (χ3v) is 4.06. The standard InChI is InChI=1S/C16H17ClN2/c1-9-4-5-10(2)13(8-9)14-11(3)15(17)19-16(18-14)12-6-7-12/h4-5,8,12H,6-7H2,1-3H3. The molecule has 98 valence electrons. The van der Waals surface area contributed by atoms with Gasteiger partial charge in [0.05, 0.1) is 5.69 Å². The molecule has 1 heterocycles. The number of rotatable bonds is 2. The lowest BCUT2D eigenvalue weighted by Gasteiger charge is -2.12. The van der Waals surface area contributed by atoms with Crippen LogP contribution in [0.4, 0.5) is 0 Å². The molecule has 0 aliphatic heterocycles. The van der Waals surface area contributed by atoms with Gasteiger partial charge in [-0.3, -0.25) is 0 Å². The fraction of sp³-hybridized carbons (Fsp3) is 0.375. The summed E-state index contributed by atoms with van der Waals surface area (Å²) < 4.78 is 0. The molecule has 3 heteroatoms. The van der Waals surface area contributed by atoms with Crippen molar-refractivity contribution in [3.63, 3.8) is 0 Å². The Morgan fingerprint density at radius 2 is 1.84 bits per heavy atom. The minimum atomic E-state index is 0.516. The maximum absolute atomic E-state index is 6.28. The van der Waals surface area contributed by atoms with E-state index in [1.54, 1.807) is 0 Å². The molecule has 1 aromatic carbocycles. The average Bonchev–Trinajstić information content (AvgIpc) is 3.20. The molecule has 0 saturated heterocycles. The first-order valence-electron chi connectivity index (χ1n) is 6.68. The van der Waals surface area contributed by atoms with Crippen LogP contribution in [0.2, 0.25) is 5.15 Å². The smallest absolute Gasteiger partial charge is 0.136 e. The number of hydrogen-bond donors (Lipinski definition) is 0. The second-order valence-corrected chi connectivity index (χ2v) is 5.80. The van der Waals surface area contributed by atoms with Crippen LogP contribution in [0.25, 0.3) is 11.3 Å². The molecule has 0 unspecified atom stereocenters. The normalized spacial score (nSPS) is 14.7. The lowest BCUT2D eigenvalue weighted by Crippen LogP contribution is -2.00. The molecule has 3 rings (SSSR count). The number of aromatic nitrogens is 2. The van der Waals surface area contributed by atoms with Crippen LogP contribution in [0.15, 0.2) is 18.2 Å². The highest BCUT2D eigenvalue weighted by Crippen LogP contribution is 2.40. The zero-order chi connectivity index (χ0) is 13.6. The molecule has 2 aromatic rings. The number of halogens is 1. The van der Waals surface area contributed by atoms with E-state index in [-0.39, 0.29) is 0 Å². The van der Waals surface area contributed by atoms with Gasteiger partial charge in [0.2, 0.25) is 0 Å². The van der Waals surface area contributed by atoms with E-state index >= 15 is 0 Å². The maximum atomic E-state index is 6.28. The Labute approximate surface area is 118 Å². The zero-order valence-corrected chi connectivity index (χ0v) is 12.3. The highest BCUT2D eigenvalue weighted by Gasteiger charge is 2.28. The largest absolute Gasteiger partial charge is 0.232 e. The number of hydrogen-bond acceptors (Lipinski definition) is 2. The lowest BCUT2D eigenvalue weighted by molar-refractivity contribution is 0.921. The van der Waals surface area contributed by atoms with Crippen LogP contribution in [0.3, 0.4) is 0 Å². The highest BCUT2D eigenvalue weighted by molar-refractivity contribution is 6.30. The molecule has 0 N–H and O–H groups in total. The second kappa shape index (κ2) is 4.61. The van der Waals surface area contributed by atoms with Gasteiger partial charge >= 0.3 is 0 Å². The molecule has 0 radical (unpaired) electrons.